The van der Waals surface area contributed by atoms with Crippen LogP contribution in [0.4, 0.5) is 0 Å². The predicted molar refractivity (Wildman–Crippen MR) is 52.4 cm³/mol. The summed E-state index contributed by atoms with van der Waals surface area (Å²) in [6, 6.07) is 0. The van der Waals surface area contributed by atoms with Gasteiger partial charge in [-0.1, -0.05) is 15.9 Å². The van der Waals surface area contributed by atoms with Crippen molar-refractivity contribution in [2.75, 3.05) is 31.6 Å². The number of hydrogen-bond donors (Lipinski definition) is 1. The standard InChI is InChI=1S/C8H18BrNO/c1-2-11-8-4-7-10-6-3-5-9/h10H,2-8H2,1H3. The molecular weight excluding hydrogens is 206 g/mol. The molecule has 0 aromatic carbocycles. The molecule has 0 aromatic heterocycles. The first-order chi connectivity index (χ1) is 5.41. The van der Waals surface area contributed by atoms with Gasteiger partial charge in [0.15, 0.2) is 0 Å². The molecular formula is C8H18BrNO. The smallest absolute Gasteiger partial charge is 0.0477 e. The summed E-state index contributed by atoms with van der Waals surface area (Å²) in [4.78, 5) is 0. The molecule has 0 aromatic rings. The van der Waals surface area contributed by atoms with E-state index in [2.05, 4.69) is 21.2 Å². The maximum atomic E-state index is 5.19. The molecule has 0 rings (SSSR count). The second-order valence-electron chi connectivity index (χ2n) is 2.34. The summed E-state index contributed by atoms with van der Waals surface area (Å²) in [5.41, 5.74) is 0. The highest BCUT2D eigenvalue weighted by Crippen LogP contribution is 1.85. The molecule has 0 fully saturated rings. The fourth-order valence-corrected chi connectivity index (χ4v) is 1.04. The quantitative estimate of drug-likeness (QED) is 0.501. The van der Waals surface area contributed by atoms with Crippen molar-refractivity contribution in [1.82, 2.24) is 5.32 Å². The maximum Gasteiger partial charge on any atom is 0.0477 e. The van der Waals surface area contributed by atoms with Crippen molar-refractivity contribution in [3.8, 4) is 0 Å². The largest absolute Gasteiger partial charge is 0.382 e. The van der Waals surface area contributed by atoms with E-state index in [0.29, 0.717) is 0 Å². The monoisotopic (exact) mass is 223 g/mol. The molecule has 0 saturated heterocycles. The Labute approximate surface area is 77.8 Å². The molecule has 0 aliphatic carbocycles. The Morgan fingerprint density at radius 2 is 2.00 bits per heavy atom. The minimum absolute atomic E-state index is 0.835. The Bertz CT molecular complexity index is 63.1. The van der Waals surface area contributed by atoms with Crippen molar-refractivity contribution in [3.05, 3.63) is 0 Å². The van der Waals surface area contributed by atoms with Gasteiger partial charge in [0, 0.05) is 18.5 Å². The highest BCUT2D eigenvalue weighted by atomic mass is 79.9. The van der Waals surface area contributed by atoms with Crippen molar-refractivity contribution in [2.45, 2.75) is 19.8 Å². The fraction of sp³-hybridized carbons (Fsp3) is 1.00. The van der Waals surface area contributed by atoms with Crippen LogP contribution < -0.4 is 5.32 Å². The van der Waals surface area contributed by atoms with Crippen LogP contribution in [0.15, 0.2) is 0 Å². The highest BCUT2D eigenvalue weighted by Gasteiger charge is 1.87. The Hall–Kier alpha value is 0.400. The van der Waals surface area contributed by atoms with E-state index < -0.39 is 0 Å². The van der Waals surface area contributed by atoms with Crippen molar-refractivity contribution in [1.29, 1.82) is 0 Å². The van der Waals surface area contributed by atoms with Crippen LogP contribution in [0.25, 0.3) is 0 Å². The van der Waals surface area contributed by atoms with Crippen molar-refractivity contribution < 1.29 is 4.74 Å². The molecule has 0 amide bonds. The average molecular weight is 224 g/mol. The van der Waals surface area contributed by atoms with Crippen LogP contribution >= 0.6 is 15.9 Å². The number of alkyl halides is 1. The third kappa shape index (κ3) is 10.4. The molecule has 11 heavy (non-hydrogen) atoms. The Morgan fingerprint density at radius 1 is 1.27 bits per heavy atom. The third-order valence-corrected chi connectivity index (χ3v) is 1.89. The van der Waals surface area contributed by atoms with Crippen LogP contribution in [-0.4, -0.2) is 31.6 Å². The van der Waals surface area contributed by atoms with Crippen LogP contribution in [0.1, 0.15) is 19.8 Å². The van der Waals surface area contributed by atoms with Crippen LogP contribution in [0.2, 0.25) is 0 Å². The van der Waals surface area contributed by atoms with E-state index in [1.54, 1.807) is 0 Å². The molecule has 0 atom stereocenters. The maximum absolute atomic E-state index is 5.19. The van der Waals surface area contributed by atoms with Crippen molar-refractivity contribution in [2.24, 2.45) is 0 Å². The zero-order valence-electron chi connectivity index (χ0n) is 7.24. The van der Waals surface area contributed by atoms with Gasteiger partial charge in [0.25, 0.3) is 0 Å². The van der Waals surface area contributed by atoms with Crippen LogP contribution in [0.3, 0.4) is 0 Å². The summed E-state index contributed by atoms with van der Waals surface area (Å²) < 4.78 is 5.19. The molecule has 0 radical (unpaired) electrons. The van der Waals surface area contributed by atoms with E-state index in [-0.39, 0.29) is 0 Å². The number of rotatable bonds is 8. The summed E-state index contributed by atoms with van der Waals surface area (Å²) in [5.74, 6) is 0. The minimum atomic E-state index is 0.835. The van der Waals surface area contributed by atoms with E-state index in [9.17, 15) is 0 Å². The topological polar surface area (TPSA) is 21.3 Å². The summed E-state index contributed by atoms with van der Waals surface area (Å²) >= 11 is 3.38. The van der Waals surface area contributed by atoms with Gasteiger partial charge >= 0.3 is 0 Å². The Balaban J connectivity index is 2.69. The first-order valence-corrected chi connectivity index (χ1v) is 5.38. The van der Waals surface area contributed by atoms with Crippen molar-refractivity contribution >= 4 is 15.9 Å². The van der Waals surface area contributed by atoms with Crippen LogP contribution in [0, 0.1) is 0 Å². The molecule has 0 unspecified atom stereocenters. The second kappa shape index (κ2) is 10.4. The molecule has 0 spiro atoms. The summed E-state index contributed by atoms with van der Waals surface area (Å²) in [6.45, 7) is 5.93. The van der Waals surface area contributed by atoms with Gasteiger partial charge in [-0.2, -0.15) is 0 Å². The average Bonchev–Trinajstić information content (AvgIpc) is 2.03. The summed E-state index contributed by atoms with van der Waals surface area (Å²) in [7, 11) is 0. The van der Waals surface area contributed by atoms with E-state index >= 15 is 0 Å². The van der Waals surface area contributed by atoms with Gasteiger partial charge < -0.3 is 10.1 Å². The fourth-order valence-electron chi connectivity index (χ4n) is 0.760. The van der Waals surface area contributed by atoms with Crippen LogP contribution in [-0.2, 0) is 4.74 Å². The third-order valence-electron chi connectivity index (χ3n) is 1.33. The zero-order chi connectivity index (χ0) is 8.36. The molecule has 0 aliphatic rings. The van der Waals surface area contributed by atoms with Gasteiger partial charge in [-0.15, -0.1) is 0 Å². The molecule has 0 saturated carbocycles. The zero-order valence-corrected chi connectivity index (χ0v) is 8.82. The lowest BCUT2D eigenvalue weighted by molar-refractivity contribution is 0.145. The van der Waals surface area contributed by atoms with Gasteiger partial charge in [0.1, 0.15) is 0 Å². The molecule has 0 aliphatic heterocycles. The summed E-state index contributed by atoms with van der Waals surface area (Å²) in [5, 5.41) is 4.42. The first-order valence-electron chi connectivity index (χ1n) is 4.26. The molecule has 0 bridgehead atoms. The molecule has 0 heterocycles. The normalized spacial score (nSPS) is 10.4. The first kappa shape index (κ1) is 11.4. The van der Waals surface area contributed by atoms with Crippen molar-refractivity contribution in [3.63, 3.8) is 0 Å². The Kier molecular flexibility index (Phi) is 10.8. The molecule has 68 valence electrons. The SMILES string of the molecule is CCOCCCNCCCBr. The molecule has 3 heteroatoms. The summed E-state index contributed by atoms with van der Waals surface area (Å²) in [6.07, 6.45) is 2.32. The minimum Gasteiger partial charge on any atom is -0.382 e. The lowest BCUT2D eigenvalue weighted by Crippen LogP contribution is -2.18. The number of nitrogens with one attached hydrogen (secondary N) is 1. The van der Waals surface area contributed by atoms with Gasteiger partial charge in [0.2, 0.25) is 0 Å². The Morgan fingerprint density at radius 3 is 2.64 bits per heavy atom. The van der Waals surface area contributed by atoms with E-state index in [1.165, 1.54) is 6.42 Å². The number of hydrogen-bond acceptors (Lipinski definition) is 2. The van der Waals surface area contributed by atoms with E-state index in [4.69, 9.17) is 4.74 Å². The lowest BCUT2D eigenvalue weighted by Gasteiger charge is -2.02. The number of ether oxygens (including phenoxy) is 1. The molecule has 2 nitrogen and oxygen atoms in total. The highest BCUT2D eigenvalue weighted by molar-refractivity contribution is 9.09. The van der Waals surface area contributed by atoms with Gasteiger partial charge in [0.05, 0.1) is 0 Å². The van der Waals surface area contributed by atoms with E-state index in [0.717, 1.165) is 38.1 Å². The van der Waals surface area contributed by atoms with E-state index in [1.807, 2.05) is 6.92 Å². The predicted octanol–water partition coefficient (Wildman–Crippen LogP) is 1.79. The van der Waals surface area contributed by atoms with Gasteiger partial charge in [-0.25, -0.2) is 0 Å². The lowest BCUT2D eigenvalue weighted by atomic mass is 10.4. The molecule has 1 N–H and O–H groups in total. The van der Waals surface area contributed by atoms with Gasteiger partial charge in [-0.05, 0) is 32.9 Å². The number of halogens is 1. The second-order valence-corrected chi connectivity index (χ2v) is 3.14. The van der Waals surface area contributed by atoms with Crippen LogP contribution in [0.5, 0.6) is 0 Å². The van der Waals surface area contributed by atoms with Gasteiger partial charge in [-0.3, -0.25) is 0 Å².